The molecule has 8 heteroatoms. The van der Waals surface area contributed by atoms with E-state index in [0.717, 1.165) is 14.9 Å². The molecular formula is C19H15BrClN3O2S. The van der Waals surface area contributed by atoms with Gasteiger partial charge >= 0.3 is 0 Å². The number of nitrogens with zero attached hydrogens (tertiary/aromatic N) is 1. The van der Waals surface area contributed by atoms with Gasteiger partial charge in [-0.3, -0.25) is 9.59 Å². The van der Waals surface area contributed by atoms with Crippen LogP contribution in [0.4, 0.5) is 5.13 Å². The van der Waals surface area contributed by atoms with E-state index >= 15 is 0 Å². The first kappa shape index (κ1) is 19.5. The van der Waals surface area contributed by atoms with Crippen LogP contribution in [0.5, 0.6) is 0 Å². The Labute approximate surface area is 173 Å². The Morgan fingerprint density at radius 1 is 1.15 bits per heavy atom. The molecule has 27 heavy (non-hydrogen) atoms. The number of hydrogen-bond acceptors (Lipinski definition) is 4. The lowest BCUT2D eigenvalue weighted by molar-refractivity contribution is -0.115. The number of carbonyl (C=O) groups is 2. The van der Waals surface area contributed by atoms with E-state index in [1.807, 2.05) is 30.3 Å². The van der Waals surface area contributed by atoms with E-state index in [1.54, 1.807) is 24.4 Å². The van der Waals surface area contributed by atoms with Crippen LogP contribution in [-0.4, -0.2) is 23.3 Å². The highest BCUT2D eigenvalue weighted by molar-refractivity contribution is 9.10. The van der Waals surface area contributed by atoms with E-state index in [1.165, 1.54) is 11.3 Å². The van der Waals surface area contributed by atoms with Crippen LogP contribution in [0.2, 0.25) is 5.02 Å². The first-order chi connectivity index (χ1) is 13.0. The van der Waals surface area contributed by atoms with Crippen LogP contribution in [0.3, 0.4) is 0 Å². The first-order valence-electron chi connectivity index (χ1n) is 8.03. The van der Waals surface area contributed by atoms with Crippen LogP contribution < -0.4 is 10.6 Å². The van der Waals surface area contributed by atoms with Gasteiger partial charge < -0.3 is 10.6 Å². The van der Waals surface area contributed by atoms with Crippen molar-refractivity contribution in [3.63, 3.8) is 0 Å². The summed E-state index contributed by atoms with van der Waals surface area (Å²) in [6.45, 7) is -0.134. The van der Waals surface area contributed by atoms with Crippen molar-refractivity contribution in [3.05, 3.63) is 80.2 Å². The smallest absolute Gasteiger partial charge is 0.251 e. The van der Waals surface area contributed by atoms with Crippen LogP contribution in [-0.2, 0) is 11.2 Å². The van der Waals surface area contributed by atoms with Gasteiger partial charge in [-0.2, -0.15) is 0 Å². The topological polar surface area (TPSA) is 71.1 Å². The molecule has 0 saturated heterocycles. The highest BCUT2D eigenvalue weighted by atomic mass is 79.9. The summed E-state index contributed by atoms with van der Waals surface area (Å²) in [6.07, 6.45) is 2.36. The molecule has 0 atom stereocenters. The van der Waals surface area contributed by atoms with Crippen molar-refractivity contribution in [2.24, 2.45) is 0 Å². The van der Waals surface area contributed by atoms with Gasteiger partial charge in [0.1, 0.15) is 0 Å². The number of aromatic nitrogens is 1. The molecule has 5 nitrogen and oxygen atoms in total. The molecule has 3 aromatic rings. The van der Waals surface area contributed by atoms with Crippen molar-refractivity contribution in [1.29, 1.82) is 0 Å². The number of amides is 2. The van der Waals surface area contributed by atoms with Crippen LogP contribution in [0.15, 0.2) is 59.2 Å². The Morgan fingerprint density at radius 2 is 1.96 bits per heavy atom. The highest BCUT2D eigenvalue weighted by Crippen LogP contribution is 2.24. The van der Waals surface area contributed by atoms with E-state index in [9.17, 15) is 9.59 Å². The zero-order chi connectivity index (χ0) is 19.2. The molecule has 0 spiro atoms. The number of halogens is 2. The molecule has 0 aliphatic carbocycles. The second kappa shape index (κ2) is 9.12. The molecule has 0 radical (unpaired) electrons. The number of benzene rings is 2. The highest BCUT2D eigenvalue weighted by Gasteiger charge is 2.11. The Bertz CT molecular complexity index is 977. The van der Waals surface area contributed by atoms with Gasteiger partial charge in [-0.25, -0.2) is 4.98 Å². The number of rotatable bonds is 6. The number of anilines is 1. The lowest BCUT2D eigenvalue weighted by Crippen LogP contribution is -2.32. The molecule has 0 aliphatic heterocycles. The standard InChI is InChI=1S/C19H15BrClN3O2S/c20-14-6-3-5-13(8-14)18(26)22-11-17(25)24-19-23-10-15(27-19)9-12-4-1-2-7-16(12)21/h1-8,10H,9,11H2,(H,22,26)(H,23,24,25). The quantitative estimate of drug-likeness (QED) is 0.563. The maximum absolute atomic E-state index is 12.1. The van der Waals surface area contributed by atoms with E-state index < -0.39 is 0 Å². The van der Waals surface area contributed by atoms with Gasteiger partial charge in [0.25, 0.3) is 5.91 Å². The number of thiazole rings is 1. The van der Waals surface area contributed by atoms with Crippen LogP contribution in [0.25, 0.3) is 0 Å². The SMILES string of the molecule is O=C(CNC(=O)c1cccc(Br)c1)Nc1ncc(Cc2ccccc2Cl)s1. The van der Waals surface area contributed by atoms with E-state index in [4.69, 9.17) is 11.6 Å². The molecule has 0 aliphatic rings. The summed E-state index contributed by atoms with van der Waals surface area (Å²) in [5.41, 5.74) is 1.48. The van der Waals surface area contributed by atoms with E-state index in [-0.39, 0.29) is 18.4 Å². The summed E-state index contributed by atoms with van der Waals surface area (Å²) in [5.74, 6) is -0.651. The van der Waals surface area contributed by atoms with Crippen LogP contribution >= 0.6 is 38.9 Å². The van der Waals surface area contributed by atoms with Gasteiger partial charge in [0.15, 0.2) is 5.13 Å². The van der Waals surface area contributed by atoms with Crippen molar-refractivity contribution in [2.45, 2.75) is 6.42 Å². The third kappa shape index (κ3) is 5.63. The number of hydrogen-bond donors (Lipinski definition) is 2. The second-order valence-electron chi connectivity index (χ2n) is 5.64. The summed E-state index contributed by atoms with van der Waals surface area (Å²) >= 11 is 10.9. The summed E-state index contributed by atoms with van der Waals surface area (Å²) in [5, 5.41) is 6.47. The van der Waals surface area contributed by atoms with Crippen molar-refractivity contribution >= 4 is 55.8 Å². The van der Waals surface area contributed by atoms with Crippen molar-refractivity contribution in [3.8, 4) is 0 Å². The lowest BCUT2D eigenvalue weighted by Gasteiger charge is -2.05. The molecule has 1 heterocycles. The maximum Gasteiger partial charge on any atom is 0.251 e. The molecular weight excluding hydrogens is 450 g/mol. The fourth-order valence-electron chi connectivity index (χ4n) is 2.33. The van der Waals surface area contributed by atoms with Crippen molar-refractivity contribution in [2.75, 3.05) is 11.9 Å². The number of nitrogens with one attached hydrogen (secondary N) is 2. The molecule has 138 valence electrons. The lowest BCUT2D eigenvalue weighted by atomic mass is 10.1. The third-order valence-electron chi connectivity index (χ3n) is 3.62. The summed E-state index contributed by atoms with van der Waals surface area (Å²) < 4.78 is 0.799. The largest absolute Gasteiger partial charge is 0.343 e. The van der Waals surface area contributed by atoms with Gasteiger partial charge in [-0.05, 0) is 29.8 Å². The minimum absolute atomic E-state index is 0.134. The average molecular weight is 465 g/mol. The van der Waals surface area contributed by atoms with Gasteiger partial charge in [-0.1, -0.05) is 51.8 Å². The van der Waals surface area contributed by atoms with Crippen molar-refractivity contribution < 1.29 is 9.59 Å². The first-order valence-corrected chi connectivity index (χ1v) is 10.0. The molecule has 1 aromatic heterocycles. The zero-order valence-corrected chi connectivity index (χ0v) is 17.2. The van der Waals surface area contributed by atoms with Gasteiger partial charge in [0, 0.05) is 32.6 Å². The Hall–Kier alpha value is -2.22. The molecule has 3 rings (SSSR count). The summed E-state index contributed by atoms with van der Waals surface area (Å²) in [4.78, 5) is 29.3. The van der Waals surface area contributed by atoms with Gasteiger partial charge in [0.05, 0.1) is 6.54 Å². The van der Waals surface area contributed by atoms with Gasteiger partial charge in [0.2, 0.25) is 5.91 Å². The van der Waals surface area contributed by atoms with Crippen LogP contribution in [0, 0.1) is 0 Å². The summed E-state index contributed by atoms with van der Waals surface area (Å²) in [7, 11) is 0. The molecule has 2 N–H and O–H groups in total. The Balaban J connectivity index is 1.52. The number of carbonyl (C=O) groups excluding carboxylic acids is 2. The van der Waals surface area contributed by atoms with Gasteiger partial charge in [-0.15, -0.1) is 11.3 Å². The second-order valence-corrected chi connectivity index (χ2v) is 8.08. The molecule has 0 bridgehead atoms. The zero-order valence-electron chi connectivity index (χ0n) is 14.0. The fourth-order valence-corrected chi connectivity index (χ4v) is 3.79. The predicted molar refractivity (Wildman–Crippen MR) is 111 cm³/mol. The van der Waals surface area contributed by atoms with Crippen molar-refractivity contribution in [1.82, 2.24) is 10.3 Å². The minimum atomic E-state index is -0.336. The normalized spacial score (nSPS) is 10.4. The molecule has 0 fully saturated rings. The molecule has 2 aromatic carbocycles. The Morgan fingerprint density at radius 3 is 2.74 bits per heavy atom. The Kier molecular flexibility index (Phi) is 6.60. The monoisotopic (exact) mass is 463 g/mol. The third-order valence-corrected chi connectivity index (χ3v) is 5.39. The molecule has 2 amide bonds. The molecule has 0 unspecified atom stereocenters. The van der Waals surface area contributed by atoms with Crippen LogP contribution in [0.1, 0.15) is 20.8 Å². The summed E-state index contributed by atoms with van der Waals surface area (Å²) in [6, 6.07) is 14.6. The van der Waals surface area contributed by atoms with E-state index in [2.05, 4.69) is 31.5 Å². The minimum Gasteiger partial charge on any atom is -0.343 e. The average Bonchev–Trinajstić information content (AvgIpc) is 3.08. The maximum atomic E-state index is 12.1. The molecule has 0 saturated carbocycles. The predicted octanol–water partition coefficient (Wildman–Crippen LogP) is 4.52. The fraction of sp³-hybridized carbons (Fsp3) is 0.105. The van der Waals surface area contributed by atoms with E-state index in [0.29, 0.717) is 22.1 Å².